The highest BCUT2D eigenvalue weighted by Crippen LogP contribution is 2.33. The number of aryl methyl sites for hydroxylation is 1. The molecule has 1 atom stereocenters. The Morgan fingerprint density at radius 2 is 1.78 bits per heavy atom. The topological polar surface area (TPSA) is 76.7 Å². The fourth-order valence-electron chi connectivity index (χ4n) is 3.01. The number of esters is 1. The molecule has 2 amide bonds. The standard InChI is InChI=1S/C21H22N2O4/c1-13-8-10-15(11-9-13)12-27-20(24)18-14(2)22-21(25)23-19(18)16-6-4-5-7-17(16)26-3/h4-11,19H,12H2,1-3H3,(H2,22,23,25)/t19-/m0/s1. The van der Waals surface area contributed by atoms with E-state index in [2.05, 4.69) is 10.6 Å². The molecule has 0 radical (unpaired) electrons. The van der Waals surface area contributed by atoms with Gasteiger partial charge in [-0.25, -0.2) is 9.59 Å². The number of ether oxygens (including phenoxy) is 2. The van der Waals surface area contributed by atoms with Crippen molar-refractivity contribution in [3.63, 3.8) is 0 Å². The fraction of sp³-hybridized carbons (Fsp3) is 0.238. The van der Waals surface area contributed by atoms with Crippen LogP contribution in [0.4, 0.5) is 4.79 Å². The zero-order valence-corrected chi connectivity index (χ0v) is 15.5. The zero-order valence-electron chi connectivity index (χ0n) is 15.5. The highest BCUT2D eigenvalue weighted by Gasteiger charge is 2.33. The predicted octanol–water partition coefficient (Wildman–Crippen LogP) is 3.37. The maximum atomic E-state index is 12.8. The number of amides is 2. The number of allylic oxidation sites excluding steroid dienone is 1. The molecule has 0 spiro atoms. The van der Waals surface area contributed by atoms with Crippen LogP contribution in [0.2, 0.25) is 0 Å². The number of benzene rings is 2. The van der Waals surface area contributed by atoms with E-state index in [0.29, 0.717) is 22.6 Å². The van der Waals surface area contributed by atoms with Crippen LogP contribution in [-0.4, -0.2) is 19.1 Å². The van der Waals surface area contributed by atoms with Crippen molar-refractivity contribution in [2.24, 2.45) is 0 Å². The highest BCUT2D eigenvalue weighted by atomic mass is 16.5. The molecule has 0 saturated heterocycles. The summed E-state index contributed by atoms with van der Waals surface area (Å²) in [5, 5.41) is 5.43. The monoisotopic (exact) mass is 366 g/mol. The molecule has 27 heavy (non-hydrogen) atoms. The van der Waals surface area contributed by atoms with Gasteiger partial charge in [0, 0.05) is 11.3 Å². The first-order valence-electron chi connectivity index (χ1n) is 8.63. The van der Waals surface area contributed by atoms with Gasteiger partial charge in [0.2, 0.25) is 0 Å². The summed E-state index contributed by atoms with van der Waals surface area (Å²) in [4.78, 5) is 24.8. The van der Waals surface area contributed by atoms with Crippen LogP contribution in [0.1, 0.15) is 29.7 Å². The van der Waals surface area contributed by atoms with Crippen molar-refractivity contribution in [3.05, 3.63) is 76.5 Å². The number of hydrogen-bond acceptors (Lipinski definition) is 4. The summed E-state index contributed by atoms with van der Waals surface area (Å²) in [5.41, 5.74) is 3.54. The van der Waals surface area contributed by atoms with Gasteiger partial charge in [0.1, 0.15) is 12.4 Å². The van der Waals surface area contributed by atoms with Crippen LogP contribution in [0.25, 0.3) is 0 Å². The third-order valence-corrected chi connectivity index (χ3v) is 4.43. The summed E-state index contributed by atoms with van der Waals surface area (Å²) in [7, 11) is 1.55. The average Bonchev–Trinajstić information content (AvgIpc) is 2.66. The number of urea groups is 1. The van der Waals surface area contributed by atoms with E-state index < -0.39 is 12.0 Å². The third-order valence-electron chi connectivity index (χ3n) is 4.43. The normalized spacial score (nSPS) is 16.4. The van der Waals surface area contributed by atoms with Crippen LogP contribution in [0.5, 0.6) is 5.75 Å². The van der Waals surface area contributed by atoms with Gasteiger partial charge in [0.05, 0.1) is 18.7 Å². The Bertz CT molecular complexity index is 887. The van der Waals surface area contributed by atoms with Gasteiger partial charge in [-0.05, 0) is 25.5 Å². The van der Waals surface area contributed by atoms with Crippen molar-refractivity contribution in [2.45, 2.75) is 26.5 Å². The Morgan fingerprint density at radius 3 is 2.48 bits per heavy atom. The number of rotatable bonds is 5. The first-order valence-corrected chi connectivity index (χ1v) is 8.63. The van der Waals surface area contributed by atoms with E-state index >= 15 is 0 Å². The smallest absolute Gasteiger partial charge is 0.338 e. The SMILES string of the molecule is COc1ccccc1[C@@H]1NC(=O)NC(C)=C1C(=O)OCc1ccc(C)cc1. The summed E-state index contributed by atoms with van der Waals surface area (Å²) in [6, 6.07) is 14.0. The number of carbonyl (C=O) groups excluding carboxylic acids is 2. The molecule has 6 nitrogen and oxygen atoms in total. The quantitative estimate of drug-likeness (QED) is 0.796. The summed E-state index contributed by atoms with van der Waals surface area (Å²) in [6.07, 6.45) is 0. The molecule has 0 aromatic heterocycles. The van der Waals surface area contributed by atoms with E-state index in [-0.39, 0.29) is 12.6 Å². The number of carbonyl (C=O) groups is 2. The fourth-order valence-corrected chi connectivity index (χ4v) is 3.01. The van der Waals surface area contributed by atoms with Gasteiger partial charge < -0.3 is 20.1 Å². The Hall–Kier alpha value is -3.28. The van der Waals surface area contributed by atoms with Crippen molar-refractivity contribution in [2.75, 3.05) is 7.11 Å². The van der Waals surface area contributed by atoms with Crippen molar-refractivity contribution in [1.29, 1.82) is 0 Å². The van der Waals surface area contributed by atoms with Gasteiger partial charge in [-0.1, -0.05) is 48.0 Å². The molecule has 0 aliphatic carbocycles. The minimum absolute atomic E-state index is 0.155. The van der Waals surface area contributed by atoms with E-state index in [1.165, 1.54) is 0 Å². The molecule has 1 heterocycles. The lowest BCUT2D eigenvalue weighted by Crippen LogP contribution is -2.45. The molecule has 1 aliphatic rings. The van der Waals surface area contributed by atoms with Crippen molar-refractivity contribution in [3.8, 4) is 5.75 Å². The van der Waals surface area contributed by atoms with Crippen LogP contribution in [0.15, 0.2) is 59.8 Å². The summed E-state index contributed by atoms with van der Waals surface area (Å²) < 4.78 is 10.9. The largest absolute Gasteiger partial charge is 0.496 e. The maximum Gasteiger partial charge on any atom is 0.338 e. The van der Waals surface area contributed by atoms with Gasteiger partial charge in [0.15, 0.2) is 0 Å². The Balaban J connectivity index is 1.87. The van der Waals surface area contributed by atoms with Gasteiger partial charge in [-0.2, -0.15) is 0 Å². The molecule has 1 aliphatic heterocycles. The molecule has 0 unspecified atom stereocenters. The van der Waals surface area contributed by atoms with Crippen LogP contribution in [-0.2, 0) is 16.1 Å². The summed E-state index contributed by atoms with van der Waals surface area (Å²) >= 11 is 0. The minimum atomic E-state index is -0.652. The molecular formula is C21H22N2O4. The van der Waals surface area contributed by atoms with Gasteiger partial charge >= 0.3 is 12.0 Å². The first kappa shape index (κ1) is 18.5. The predicted molar refractivity (Wildman–Crippen MR) is 101 cm³/mol. The van der Waals surface area contributed by atoms with Gasteiger partial charge in [-0.3, -0.25) is 0 Å². The second-order valence-electron chi connectivity index (χ2n) is 6.37. The zero-order chi connectivity index (χ0) is 19.4. The molecule has 0 fully saturated rings. The van der Waals surface area contributed by atoms with E-state index in [0.717, 1.165) is 11.1 Å². The van der Waals surface area contributed by atoms with Crippen LogP contribution in [0.3, 0.4) is 0 Å². The summed E-state index contributed by atoms with van der Waals surface area (Å²) in [6.45, 7) is 3.84. The molecule has 140 valence electrons. The van der Waals surface area contributed by atoms with E-state index in [1.54, 1.807) is 20.1 Å². The van der Waals surface area contributed by atoms with Crippen molar-refractivity contribution < 1.29 is 19.1 Å². The molecule has 0 bridgehead atoms. The lowest BCUT2D eigenvalue weighted by atomic mass is 9.95. The molecule has 2 aromatic carbocycles. The maximum absolute atomic E-state index is 12.8. The lowest BCUT2D eigenvalue weighted by Gasteiger charge is -2.29. The number of methoxy groups -OCH3 is 1. The van der Waals surface area contributed by atoms with E-state index in [4.69, 9.17) is 9.47 Å². The van der Waals surface area contributed by atoms with Crippen LogP contribution >= 0.6 is 0 Å². The number of hydrogen-bond donors (Lipinski definition) is 2. The first-order chi connectivity index (χ1) is 13.0. The Kier molecular flexibility index (Phi) is 5.45. The van der Waals surface area contributed by atoms with Gasteiger partial charge in [-0.15, -0.1) is 0 Å². The molecule has 2 N–H and O–H groups in total. The highest BCUT2D eigenvalue weighted by molar-refractivity contribution is 5.95. The summed E-state index contributed by atoms with van der Waals surface area (Å²) in [5.74, 6) is 0.0952. The second kappa shape index (κ2) is 7.95. The van der Waals surface area contributed by atoms with E-state index in [1.807, 2.05) is 49.4 Å². The molecular weight excluding hydrogens is 344 g/mol. The minimum Gasteiger partial charge on any atom is -0.496 e. The second-order valence-corrected chi connectivity index (χ2v) is 6.37. The molecule has 2 aromatic rings. The number of nitrogens with one attached hydrogen (secondary N) is 2. The Labute approximate surface area is 158 Å². The van der Waals surface area contributed by atoms with Crippen LogP contribution < -0.4 is 15.4 Å². The van der Waals surface area contributed by atoms with Crippen molar-refractivity contribution in [1.82, 2.24) is 10.6 Å². The lowest BCUT2D eigenvalue weighted by molar-refractivity contribution is -0.140. The molecule has 6 heteroatoms. The van der Waals surface area contributed by atoms with Crippen molar-refractivity contribution >= 4 is 12.0 Å². The van der Waals surface area contributed by atoms with E-state index in [9.17, 15) is 9.59 Å². The number of para-hydroxylation sites is 1. The van der Waals surface area contributed by atoms with Crippen LogP contribution in [0, 0.1) is 6.92 Å². The van der Waals surface area contributed by atoms with Gasteiger partial charge in [0.25, 0.3) is 0 Å². The third kappa shape index (κ3) is 4.11. The molecule has 3 rings (SSSR count). The Morgan fingerprint density at radius 1 is 1.07 bits per heavy atom. The average molecular weight is 366 g/mol. The molecule has 0 saturated carbocycles.